The van der Waals surface area contributed by atoms with E-state index in [1.165, 1.54) is 4.90 Å². The number of carbonyl (C=O) groups is 2. The molecular formula is C25H26Cl2N2O5. The SMILES string of the molecule is COc1ccc(/C(O)=C2\C(=O)C(=O)N(CCCN3CCOCC3)[C@@H]2c2ccc(Cl)cc2Cl)cc1. The molecule has 2 saturated heterocycles. The van der Waals surface area contributed by atoms with Crippen molar-refractivity contribution >= 4 is 40.7 Å². The number of amides is 1. The fourth-order valence-corrected chi connectivity index (χ4v) is 4.86. The second-order valence-electron chi connectivity index (χ2n) is 8.19. The van der Waals surface area contributed by atoms with Gasteiger partial charge in [0.15, 0.2) is 0 Å². The molecule has 180 valence electrons. The number of rotatable bonds is 7. The number of morpholine rings is 1. The maximum atomic E-state index is 13.2. The van der Waals surface area contributed by atoms with E-state index in [2.05, 4.69) is 4.90 Å². The maximum Gasteiger partial charge on any atom is 0.295 e. The molecule has 2 aromatic carbocycles. The smallest absolute Gasteiger partial charge is 0.295 e. The van der Waals surface area contributed by atoms with Crippen LogP contribution in [-0.4, -0.2) is 73.1 Å². The summed E-state index contributed by atoms with van der Waals surface area (Å²) in [6, 6.07) is 10.7. The third-order valence-corrected chi connectivity index (χ3v) is 6.70. The maximum absolute atomic E-state index is 13.2. The standard InChI is InChI=1S/C25H26Cl2N2O5/c1-33-18-6-3-16(4-7-18)23(30)21-22(19-8-5-17(26)15-20(19)27)29(25(32)24(21)31)10-2-9-28-11-13-34-14-12-28/h3-8,15,22,30H,2,9-14H2,1H3/b23-21+/t22-/m1/s1. The predicted octanol–water partition coefficient (Wildman–Crippen LogP) is 4.15. The van der Waals surface area contributed by atoms with Gasteiger partial charge < -0.3 is 19.5 Å². The highest BCUT2D eigenvalue weighted by molar-refractivity contribution is 6.47. The summed E-state index contributed by atoms with van der Waals surface area (Å²) in [6.07, 6.45) is 0.664. The van der Waals surface area contributed by atoms with Crippen LogP contribution in [0.25, 0.3) is 5.76 Å². The van der Waals surface area contributed by atoms with E-state index >= 15 is 0 Å². The minimum Gasteiger partial charge on any atom is -0.507 e. The van der Waals surface area contributed by atoms with Crippen molar-refractivity contribution in [3.05, 3.63) is 69.2 Å². The number of nitrogens with zero attached hydrogens (tertiary/aromatic N) is 2. The average Bonchev–Trinajstić information content (AvgIpc) is 3.09. The monoisotopic (exact) mass is 504 g/mol. The Labute approximate surface area is 208 Å². The summed E-state index contributed by atoms with van der Waals surface area (Å²) in [5.74, 6) is -1.05. The van der Waals surface area contributed by atoms with Crippen LogP contribution in [0.4, 0.5) is 0 Å². The molecule has 4 rings (SSSR count). The van der Waals surface area contributed by atoms with Crippen LogP contribution in [0, 0.1) is 0 Å². The van der Waals surface area contributed by atoms with E-state index in [9.17, 15) is 14.7 Å². The minimum atomic E-state index is -0.823. The van der Waals surface area contributed by atoms with Gasteiger partial charge >= 0.3 is 0 Å². The van der Waals surface area contributed by atoms with Crippen molar-refractivity contribution in [3.63, 3.8) is 0 Å². The van der Waals surface area contributed by atoms with Gasteiger partial charge in [0.25, 0.3) is 11.7 Å². The molecule has 0 saturated carbocycles. The fraction of sp³-hybridized carbons (Fsp3) is 0.360. The molecule has 2 heterocycles. The van der Waals surface area contributed by atoms with Crippen LogP contribution < -0.4 is 4.74 Å². The molecule has 0 bridgehead atoms. The molecule has 2 aromatic rings. The van der Waals surface area contributed by atoms with Crippen LogP contribution in [0.2, 0.25) is 10.0 Å². The first-order valence-electron chi connectivity index (χ1n) is 11.1. The van der Waals surface area contributed by atoms with Gasteiger partial charge in [0.1, 0.15) is 11.5 Å². The van der Waals surface area contributed by atoms with Crippen LogP contribution in [-0.2, 0) is 14.3 Å². The third kappa shape index (κ3) is 5.08. The fourth-order valence-electron chi connectivity index (χ4n) is 4.35. The summed E-state index contributed by atoms with van der Waals surface area (Å²) in [4.78, 5) is 30.0. The molecular weight excluding hydrogens is 479 g/mol. The molecule has 34 heavy (non-hydrogen) atoms. The Morgan fingerprint density at radius 1 is 1.09 bits per heavy atom. The Kier molecular flexibility index (Phi) is 7.78. The molecule has 1 atom stereocenters. The molecule has 0 radical (unpaired) electrons. The number of ether oxygens (including phenoxy) is 2. The topological polar surface area (TPSA) is 79.3 Å². The largest absolute Gasteiger partial charge is 0.507 e. The number of aliphatic hydroxyl groups is 1. The summed E-state index contributed by atoms with van der Waals surface area (Å²) in [7, 11) is 1.54. The second kappa shape index (κ2) is 10.8. The number of methoxy groups -OCH3 is 1. The molecule has 7 nitrogen and oxygen atoms in total. The molecule has 2 fully saturated rings. The van der Waals surface area contributed by atoms with Crippen LogP contribution in [0.5, 0.6) is 5.75 Å². The van der Waals surface area contributed by atoms with Gasteiger partial charge in [-0.3, -0.25) is 14.5 Å². The lowest BCUT2D eigenvalue weighted by atomic mass is 9.95. The van der Waals surface area contributed by atoms with Crippen LogP contribution in [0.1, 0.15) is 23.6 Å². The van der Waals surface area contributed by atoms with Crippen LogP contribution >= 0.6 is 23.2 Å². The highest BCUT2D eigenvalue weighted by Gasteiger charge is 2.46. The van der Waals surface area contributed by atoms with Crippen molar-refractivity contribution < 1.29 is 24.2 Å². The second-order valence-corrected chi connectivity index (χ2v) is 9.04. The quantitative estimate of drug-likeness (QED) is 0.346. The predicted molar refractivity (Wildman–Crippen MR) is 130 cm³/mol. The molecule has 0 aromatic heterocycles. The van der Waals surface area contributed by atoms with E-state index in [0.717, 1.165) is 19.6 Å². The average molecular weight is 505 g/mol. The number of ketones is 1. The van der Waals surface area contributed by atoms with Gasteiger partial charge in [0.05, 0.1) is 31.9 Å². The van der Waals surface area contributed by atoms with Gasteiger partial charge in [0, 0.05) is 41.8 Å². The number of hydrogen-bond acceptors (Lipinski definition) is 6. The lowest BCUT2D eigenvalue weighted by molar-refractivity contribution is -0.140. The molecule has 9 heteroatoms. The zero-order valence-corrected chi connectivity index (χ0v) is 20.3. The highest BCUT2D eigenvalue weighted by Crippen LogP contribution is 2.42. The van der Waals surface area contributed by atoms with Gasteiger partial charge in [-0.05, 0) is 48.4 Å². The third-order valence-electron chi connectivity index (χ3n) is 6.14. The van der Waals surface area contributed by atoms with E-state index in [-0.39, 0.29) is 11.3 Å². The van der Waals surface area contributed by atoms with Crippen molar-refractivity contribution in [1.82, 2.24) is 9.80 Å². The summed E-state index contributed by atoms with van der Waals surface area (Å²) in [5.41, 5.74) is 0.944. The molecule has 2 aliphatic heterocycles. The number of aliphatic hydroxyl groups excluding tert-OH is 1. The first-order valence-corrected chi connectivity index (χ1v) is 11.8. The first kappa shape index (κ1) is 24.5. The Morgan fingerprint density at radius 2 is 1.79 bits per heavy atom. The number of halogens is 2. The van der Waals surface area contributed by atoms with E-state index in [4.69, 9.17) is 32.7 Å². The van der Waals surface area contributed by atoms with Crippen LogP contribution in [0.15, 0.2) is 48.0 Å². The minimum absolute atomic E-state index is 0.00533. The lowest BCUT2D eigenvalue weighted by Gasteiger charge is -2.29. The van der Waals surface area contributed by atoms with Gasteiger partial charge in [0.2, 0.25) is 0 Å². The summed E-state index contributed by atoms with van der Waals surface area (Å²) in [6.45, 7) is 4.15. The Balaban J connectivity index is 1.70. The number of Topliss-reactive ketones (excluding diaryl/α,β-unsaturated/α-hetero) is 1. The summed E-state index contributed by atoms with van der Waals surface area (Å²) < 4.78 is 10.6. The van der Waals surface area contributed by atoms with Crippen molar-refractivity contribution in [2.75, 3.05) is 46.5 Å². The van der Waals surface area contributed by atoms with Crippen molar-refractivity contribution in [2.24, 2.45) is 0 Å². The van der Waals surface area contributed by atoms with Crippen molar-refractivity contribution in [3.8, 4) is 5.75 Å². The van der Waals surface area contributed by atoms with Crippen molar-refractivity contribution in [2.45, 2.75) is 12.5 Å². The van der Waals surface area contributed by atoms with E-state index in [0.29, 0.717) is 53.1 Å². The van der Waals surface area contributed by atoms with Gasteiger partial charge in [-0.15, -0.1) is 0 Å². The number of benzene rings is 2. The van der Waals surface area contributed by atoms with Crippen LogP contribution in [0.3, 0.4) is 0 Å². The van der Waals surface area contributed by atoms with Gasteiger partial charge in [-0.1, -0.05) is 29.3 Å². The Bertz CT molecular complexity index is 1100. The summed E-state index contributed by atoms with van der Waals surface area (Å²) in [5, 5.41) is 11.9. The molecule has 2 aliphatic rings. The molecule has 1 N–H and O–H groups in total. The highest BCUT2D eigenvalue weighted by atomic mass is 35.5. The first-order chi connectivity index (χ1) is 16.4. The number of carbonyl (C=O) groups excluding carboxylic acids is 2. The number of hydrogen-bond donors (Lipinski definition) is 1. The molecule has 0 spiro atoms. The summed E-state index contributed by atoms with van der Waals surface area (Å²) >= 11 is 12.6. The molecule has 1 amide bonds. The van der Waals surface area contributed by atoms with E-state index in [1.807, 2.05) is 0 Å². The normalized spacial score (nSPS) is 20.7. The molecule has 0 unspecified atom stereocenters. The zero-order valence-electron chi connectivity index (χ0n) is 18.8. The Morgan fingerprint density at radius 3 is 2.44 bits per heavy atom. The number of likely N-dealkylation sites (tertiary alicyclic amines) is 1. The van der Waals surface area contributed by atoms with Gasteiger partial charge in [-0.2, -0.15) is 0 Å². The van der Waals surface area contributed by atoms with E-state index < -0.39 is 17.7 Å². The van der Waals surface area contributed by atoms with Crippen molar-refractivity contribution in [1.29, 1.82) is 0 Å². The Hall–Kier alpha value is -2.58. The van der Waals surface area contributed by atoms with E-state index in [1.54, 1.807) is 49.6 Å². The zero-order chi connectivity index (χ0) is 24.2. The van der Waals surface area contributed by atoms with Gasteiger partial charge in [-0.25, -0.2) is 0 Å². The lowest BCUT2D eigenvalue weighted by Crippen LogP contribution is -2.39. The molecule has 0 aliphatic carbocycles.